The lowest BCUT2D eigenvalue weighted by Gasteiger charge is -2.26. The molecule has 112 valence electrons. The molecule has 0 spiro atoms. The van der Waals surface area contributed by atoms with Crippen molar-refractivity contribution in [2.45, 2.75) is 25.1 Å². The van der Waals surface area contributed by atoms with E-state index >= 15 is 0 Å². The first-order chi connectivity index (χ1) is 9.87. The van der Waals surface area contributed by atoms with E-state index in [0.29, 0.717) is 5.17 Å². The Bertz CT molecular complexity index is 727. The quantitative estimate of drug-likeness (QED) is 0.785. The number of benzene rings is 1. The number of para-hydroxylation sites is 1. The van der Waals surface area contributed by atoms with E-state index in [-0.39, 0.29) is 28.7 Å². The molecule has 1 aromatic carbocycles. The average Bonchev–Trinajstić information content (AvgIpc) is 2.81. The van der Waals surface area contributed by atoms with E-state index in [0.717, 1.165) is 11.3 Å². The van der Waals surface area contributed by atoms with Gasteiger partial charge in [0.05, 0.1) is 17.5 Å². The molecule has 0 saturated carbocycles. The summed E-state index contributed by atoms with van der Waals surface area (Å²) in [5.41, 5.74) is 1.97. The predicted octanol–water partition coefficient (Wildman–Crippen LogP) is 1.62. The van der Waals surface area contributed by atoms with Gasteiger partial charge in [-0.25, -0.2) is 8.42 Å². The number of fused-ring (bicyclic) bond motifs is 1. The smallest absolute Gasteiger partial charge is 0.244 e. The summed E-state index contributed by atoms with van der Waals surface area (Å²) in [6, 6.07) is 7.63. The number of amides is 1. The number of aryl methyl sites for hydroxylation is 1. The van der Waals surface area contributed by atoms with Crippen molar-refractivity contribution in [3.63, 3.8) is 0 Å². The number of rotatable bonds is 1. The summed E-state index contributed by atoms with van der Waals surface area (Å²) in [4.78, 5) is 17.4. The van der Waals surface area contributed by atoms with Crippen LogP contribution in [0.15, 0.2) is 29.3 Å². The van der Waals surface area contributed by atoms with Crippen LogP contribution in [0, 0.1) is 6.92 Å². The highest BCUT2D eigenvalue weighted by molar-refractivity contribution is 8.16. The molecule has 3 rings (SSSR count). The molecular weight excluding hydrogens is 308 g/mol. The van der Waals surface area contributed by atoms with Crippen molar-refractivity contribution in [3.8, 4) is 0 Å². The van der Waals surface area contributed by atoms with Gasteiger partial charge in [0.15, 0.2) is 15.0 Å². The second-order valence-corrected chi connectivity index (χ2v) is 8.73. The molecule has 0 aliphatic carbocycles. The van der Waals surface area contributed by atoms with Gasteiger partial charge in [0, 0.05) is 17.9 Å². The molecule has 21 heavy (non-hydrogen) atoms. The second-order valence-electron chi connectivity index (χ2n) is 5.37. The summed E-state index contributed by atoms with van der Waals surface area (Å²) in [5, 5.41) is 0.564. The second kappa shape index (κ2) is 5.14. The molecule has 5 nitrogen and oxygen atoms in total. The molecule has 2 fully saturated rings. The molecule has 1 aromatic rings. The number of nitrogens with zero attached hydrogens (tertiary/aromatic N) is 2. The fourth-order valence-corrected chi connectivity index (χ4v) is 6.77. The molecule has 0 N–H and O–H groups in total. The topological polar surface area (TPSA) is 66.8 Å². The highest BCUT2D eigenvalue weighted by Gasteiger charge is 2.49. The number of anilines is 1. The van der Waals surface area contributed by atoms with Crippen molar-refractivity contribution in [1.29, 1.82) is 0 Å². The first kappa shape index (κ1) is 14.6. The molecule has 7 heteroatoms. The van der Waals surface area contributed by atoms with Crippen molar-refractivity contribution in [2.75, 3.05) is 16.4 Å². The van der Waals surface area contributed by atoms with Crippen molar-refractivity contribution in [3.05, 3.63) is 29.8 Å². The summed E-state index contributed by atoms with van der Waals surface area (Å²) < 4.78 is 23.8. The summed E-state index contributed by atoms with van der Waals surface area (Å²) >= 11 is 1.40. The van der Waals surface area contributed by atoms with Crippen LogP contribution in [-0.4, -0.2) is 42.3 Å². The molecule has 2 heterocycles. The van der Waals surface area contributed by atoms with E-state index in [4.69, 9.17) is 0 Å². The summed E-state index contributed by atoms with van der Waals surface area (Å²) in [6.45, 7) is 3.39. The third kappa shape index (κ3) is 2.72. The van der Waals surface area contributed by atoms with E-state index in [1.54, 1.807) is 0 Å². The largest absolute Gasteiger partial charge is 0.315 e. The number of sulfone groups is 1. The summed E-state index contributed by atoms with van der Waals surface area (Å²) in [7, 11) is -3.01. The monoisotopic (exact) mass is 324 g/mol. The Labute approximate surface area is 128 Å². The van der Waals surface area contributed by atoms with Gasteiger partial charge in [0.1, 0.15) is 0 Å². The van der Waals surface area contributed by atoms with E-state index in [1.807, 2.05) is 36.1 Å². The molecule has 2 atom stereocenters. The number of carbonyl (C=O) groups is 1. The Balaban J connectivity index is 2.07. The number of aliphatic imine (C=N–C) groups is 1. The maximum absolute atomic E-state index is 11.9. The van der Waals surface area contributed by atoms with Gasteiger partial charge < -0.3 is 4.90 Å². The molecule has 0 aromatic heterocycles. The molecule has 2 aliphatic heterocycles. The van der Waals surface area contributed by atoms with Crippen LogP contribution in [0.25, 0.3) is 0 Å². The Morgan fingerprint density at radius 3 is 2.71 bits per heavy atom. The van der Waals surface area contributed by atoms with E-state index in [9.17, 15) is 13.2 Å². The molecule has 0 bridgehead atoms. The van der Waals surface area contributed by atoms with Crippen molar-refractivity contribution in [2.24, 2.45) is 4.99 Å². The number of amidine groups is 1. The maximum Gasteiger partial charge on any atom is 0.244 e. The van der Waals surface area contributed by atoms with Crippen molar-refractivity contribution >= 4 is 38.4 Å². The minimum Gasteiger partial charge on any atom is -0.315 e. The van der Waals surface area contributed by atoms with Gasteiger partial charge in [-0.05, 0) is 18.6 Å². The summed E-state index contributed by atoms with van der Waals surface area (Å²) in [5.74, 6) is 0.0105. The van der Waals surface area contributed by atoms with Gasteiger partial charge in [-0.3, -0.25) is 4.79 Å². The minimum atomic E-state index is -3.01. The highest BCUT2D eigenvalue weighted by atomic mass is 32.2. The zero-order valence-electron chi connectivity index (χ0n) is 11.8. The zero-order chi connectivity index (χ0) is 15.2. The first-order valence-electron chi connectivity index (χ1n) is 6.68. The molecule has 2 aliphatic rings. The summed E-state index contributed by atoms with van der Waals surface area (Å²) in [6.07, 6.45) is 0. The van der Waals surface area contributed by atoms with Gasteiger partial charge in [0.2, 0.25) is 5.91 Å². The van der Waals surface area contributed by atoms with E-state index in [1.165, 1.54) is 18.7 Å². The van der Waals surface area contributed by atoms with Crippen LogP contribution in [-0.2, 0) is 14.6 Å². The lowest BCUT2D eigenvalue weighted by molar-refractivity contribution is -0.115. The van der Waals surface area contributed by atoms with Crippen LogP contribution in [0.5, 0.6) is 0 Å². The molecule has 0 radical (unpaired) electrons. The van der Waals surface area contributed by atoms with Crippen LogP contribution < -0.4 is 4.90 Å². The minimum absolute atomic E-state index is 0.0484. The van der Waals surface area contributed by atoms with E-state index < -0.39 is 9.84 Å². The van der Waals surface area contributed by atoms with Gasteiger partial charge in [-0.15, -0.1) is 0 Å². The number of hydrogen-bond acceptors (Lipinski definition) is 4. The average molecular weight is 324 g/mol. The number of carbonyl (C=O) groups excluding carboxylic acids is 1. The van der Waals surface area contributed by atoms with Crippen LogP contribution >= 0.6 is 11.8 Å². The molecule has 0 unspecified atom stereocenters. The standard InChI is InChI=1S/C14H16N2O3S2/c1-9-5-3-4-6-11(9)16-12-7-21(18,19)8-13(12)20-14(16)15-10(2)17/h3-6,12-13H,7-8H2,1-2H3/t12-,13-/m1/s1. The third-order valence-corrected chi connectivity index (χ3v) is 6.90. The SMILES string of the molecule is CC(=O)N=C1S[C@@H]2CS(=O)(=O)C[C@H]2N1c1ccccc1C. The Morgan fingerprint density at radius 2 is 2.05 bits per heavy atom. The Morgan fingerprint density at radius 1 is 1.33 bits per heavy atom. The van der Waals surface area contributed by atoms with E-state index in [2.05, 4.69) is 4.99 Å². The van der Waals surface area contributed by atoms with Crippen LogP contribution in [0.4, 0.5) is 5.69 Å². The third-order valence-electron chi connectivity index (χ3n) is 3.69. The van der Waals surface area contributed by atoms with Crippen molar-refractivity contribution < 1.29 is 13.2 Å². The van der Waals surface area contributed by atoms with Crippen LogP contribution in [0.1, 0.15) is 12.5 Å². The number of thioether (sulfide) groups is 1. The molecular formula is C14H16N2O3S2. The lowest BCUT2D eigenvalue weighted by Crippen LogP contribution is -2.38. The number of hydrogen-bond donors (Lipinski definition) is 0. The van der Waals surface area contributed by atoms with Crippen molar-refractivity contribution in [1.82, 2.24) is 0 Å². The van der Waals surface area contributed by atoms with Gasteiger partial charge >= 0.3 is 0 Å². The Kier molecular flexibility index (Phi) is 3.57. The maximum atomic E-state index is 11.9. The Hall–Kier alpha value is -1.34. The van der Waals surface area contributed by atoms with Gasteiger partial charge in [-0.1, -0.05) is 30.0 Å². The highest BCUT2D eigenvalue weighted by Crippen LogP contribution is 2.41. The normalized spacial score (nSPS) is 28.9. The van der Waals surface area contributed by atoms with Gasteiger partial charge in [-0.2, -0.15) is 4.99 Å². The van der Waals surface area contributed by atoms with Crippen LogP contribution in [0.2, 0.25) is 0 Å². The van der Waals surface area contributed by atoms with Crippen LogP contribution in [0.3, 0.4) is 0 Å². The molecule has 2 saturated heterocycles. The predicted molar refractivity (Wildman–Crippen MR) is 85.6 cm³/mol. The lowest BCUT2D eigenvalue weighted by atomic mass is 10.1. The van der Waals surface area contributed by atoms with Gasteiger partial charge in [0.25, 0.3) is 0 Å². The molecule has 1 amide bonds. The fourth-order valence-electron chi connectivity index (χ4n) is 2.81. The first-order valence-corrected chi connectivity index (χ1v) is 9.39. The zero-order valence-corrected chi connectivity index (χ0v) is 13.4. The fraction of sp³-hybridized carbons (Fsp3) is 0.429.